The van der Waals surface area contributed by atoms with Gasteiger partial charge in [-0.1, -0.05) is 20.3 Å². The van der Waals surface area contributed by atoms with E-state index in [1.165, 1.54) is 29.7 Å². The molecule has 0 saturated carbocycles. The summed E-state index contributed by atoms with van der Waals surface area (Å²) in [5.41, 5.74) is 7.98. The van der Waals surface area contributed by atoms with Gasteiger partial charge in [0.2, 0.25) is 0 Å². The summed E-state index contributed by atoms with van der Waals surface area (Å²) in [6.45, 7) is 4.49. The molecule has 0 aliphatic heterocycles. The molecular formula is C13H18N2S. The van der Waals surface area contributed by atoms with E-state index in [4.69, 9.17) is 5.73 Å². The Morgan fingerprint density at radius 1 is 1.44 bits per heavy atom. The molecule has 0 aromatic carbocycles. The molecule has 86 valence electrons. The van der Waals surface area contributed by atoms with Crippen LogP contribution in [0.25, 0.3) is 0 Å². The Kier molecular flexibility index (Phi) is 3.20. The minimum atomic E-state index is 0.528. The predicted molar refractivity (Wildman–Crippen MR) is 68.6 cm³/mol. The summed E-state index contributed by atoms with van der Waals surface area (Å²) >= 11 is 1.63. The van der Waals surface area contributed by atoms with Crippen molar-refractivity contribution in [3.8, 4) is 6.07 Å². The fourth-order valence-electron chi connectivity index (χ4n) is 2.66. The molecule has 2 nitrogen and oxygen atoms in total. The van der Waals surface area contributed by atoms with E-state index >= 15 is 0 Å². The van der Waals surface area contributed by atoms with E-state index in [1.54, 1.807) is 11.3 Å². The first kappa shape index (κ1) is 11.5. The van der Waals surface area contributed by atoms with Gasteiger partial charge in [0.1, 0.15) is 11.1 Å². The van der Waals surface area contributed by atoms with Crippen molar-refractivity contribution in [2.45, 2.75) is 45.4 Å². The number of hydrogen-bond donors (Lipinski definition) is 1. The van der Waals surface area contributed by atoms with Crippen LogP contribution in [0.4, 0.5) is 5.00 Å². The first-order chi connectivity index (χ1) is 7.65. The van der Waals surface area contributed by atoms with Gasteiger partial charge in [0.15, 0.2) is 0 Å². The topological polar surface area (TPSA) is 49.8 Å². The van der Waals surface area contributed by atoms with Crippen molar-refractivity contribution >= 4 is 16.3 Å². The van der Waals surface area contributed by atoms with E-state index < -0.39 is 0 Å². The molecule has 1 aromatic rings. The summed E-state index contributed by atoms with van der Waals surface area (Å²) in [6, 6.07) is 2.30. The summed E-state index contributed by atoms with van der Waals surface area (Å²) in [5.74, 6) is 1.12. The van der Waals surface area contributed by atoms with E-state index in [0.717, 1.165) is 17.0 Å². The number of nitrogens with two attached hydrogens (primary N) is 1. The molecule has 0 spiro atoms. The zero-order valence-corrected chi connectivity index (χ0v) is 10.7. The average Bonchev–Trinajstić information content (AvgIpc) is 2.43. The number of thiophene rings is 1. The fraction of sp³-hybridized carbons (Fsp3) is 0.615. The Bertz CT molecular complexity index is 426. The highest BCUT2D eigenvalue weighted by atomic mass is 32.1. The molecule has 2 rings (SSSR count). The van der Waals surface area contributed by atoms with Gasteiger partial charge in [-0.15, -0.1) is 11.3 Å². The largest absolute Gasteiger partial charge is 0.389 e. The summed E-state index contributed by atoms with van der Waals surface area (Å²) in [4.78, 5) is 1.37. The van der Waals surface area contributed by atoms with Gasteiger partial charge >= 0.3 is 0 Å². The molecule has 1 aliphatic rings. The van der Waals surface area contributed by atoms with Crippen molar-refractivity contribution in [2.75, 3.05) is 5.73 Å². The minimum Gasteiger partial charge on any atom is -0.389 e. The van der Waals surface area contributed by atoms with E-state index in [2.05, 4.69) is 19.9 Å². The van der Waals surface area contributed by atoms with Crippen molar-refractivity contribution in [3.63, 3.8) is 0 Å². The molecule has 1 aliphatic carbocycles. The standard InChI is InChI=1S/C13H18N2S/c1-8(2)9-5-3-4-6-11-12(9)10(7-14)13(15)16-11/h8-9H,3-6,15H2,1-2H3. The highest BCUT2D eigenvalue weighted by molar-refractivity contribution is 7.16. The third-order valence-corrected chi connectivity index (χ3v) is 4.60. The molecule has 0 amide bonds. The molecule has 1 aromatic heterocycles. The van der Waals surface area contributed by atoms with Crippen LogP contribution in [0, 0.1) is 17.2 Å². The van der Waals surface area contributed by atoms with Crippen LogP contribution < -0.4 is 5.73 Å². The van der Waals surface area contributed by atoms with Crippen LogP contribution in [0.15, 0.2) is 0 Å². The number of nitrogen functional groups attached to an aromatic ring is 1. The first-order valence-electron chi connectivity index (χ1n) is 5.96. The van der Waals surface area contributed by atoms with Gasteiger partial charge in [-0.25, -0.2) is 0 Å². The smallest absolute Gasteiger partial charge is 0.104 e. The van der Waals surface area contributed by atoms with Crippen LogP contribution in [0.5, 0.6) is 0 Å². The lowest BCUT2D eigenvalue weighted by Crippen LogP contribution is -2.07. The SMILES string of the molecule is CC(C)C1CCCCc2sc(N)c(C#N)c21. The molecule has 0 bridgehead atoms. The molecule has 2 N–H and O–H groups in total. The van der Waals surface area contributed by atoms with Crippen LogP contribution in [-0.2, 0) is 6.42 Å². The molecule has 0 radical (unpaired) electrons. The highest BCUT2D eigenvalue weighted by Gasteiger charge is 2.27. The highest BCUT2D eigenvalue weighted by Crippen LogP contribution is 2.43. The van der Waals surface area contributed by atoms with Gasteiger partial charge in [0.25, 0.3) is 0 Å². The Labute approximate surface area is 101 Å². The fourth-order valence-corrected chi connectivity index (χ4v) is 3.80. The molecule has 1 atom stereocenters. The van der Waals surface area contributed by atoms with Crippen LogP contribution in [0.2, 0.25) is 0 Å². The lowest BCUT2D eigenvalue weighted by Gasteiger charge is -2.19. The molecule has 1 heterocycles. The zero-order chi connectivity index (χ0) is 11.7. The number of nitrogens with zero attached hydrogens (tertiary/aromatic N) is 1. The maximum Gasteiger partial charge on any atom is 0.104 e. The van der Waals surface area contributed by atoms with E-state index in [-0.39, 0.29) is 0 Å². The predicted octanol–water partition coefficient (Wildman–Crippen LogP) is 3.67. The lowest BCUT2D eigenvalue weighted by atomic mass is 9.84. The maximum atomic E-state index is 9.23. The van der Waals surface area contributed by atoms with Crippen LogP contribution in [0.3, 0.4) is 0 Å². The van der Waals surface area contributed by atoms with Gasteiger partial charge in [-0.3, -0.25) is 0 Å². The Hall–Kier alpha value is -1.01. The minimum absolute atomic E-state index is 0.528. The van der Waals surface area contributed by atoms with E-state index in [9.17, 15) is 5.26 Å². The number of anilines is 1. The summed E-state index contributed by atoms with van der Waals surface area (Å²) in [5, 5.41) is 9.95. The number of hydrogen-bond acceptors (Lipinski definition) is 3. The Morgan fingerprint density at radius 3 is 2.81 bits per heavy atom. The first-order valence-corrected chi connectivity index (χ1v) is 6.78. The maximum absolute atomic E-state index is 9.23. The van der Waals surface area contributed by atoms with Crippen molar-refractivity contribution < 1.29 is 0 Å². The van der Waals surface area contributed by atoms with Gasteiger partial charge in [0, 0.05) is 4.88 Å². The second-order valence-corrected chi connectivity index (χ2v) is 6.02. The Balaban J connectivity index is 2.54. The van der Waals surface area contributed by atoms with Gasteiger partial charge in [-0.05, 0) is 36.7 Å². The van der Waals surface area contributed by atoms with Crippen molar-refractivity contribution in [3.05, 3.63) is 16.0 Å². The third-order valence-electron chi connectivity index (χ3n) is 3.51. The monoisotopic (exact) mass is 234 g/mol. The van der Waals surface area contributed by atoms with Gasteiger partial charge < -0.3 is 5.73 Å². The quantitative estimate of drug-likeness (QED) is 0.754. The molecule has 0 fully saturated rings. The molecular weight excluding hydrogens is 216 g/mol. The van der Waals surface area contributed by atoms with Gasteiger partial charge in [0.05, 0.1) is 5.56 Å². The van der Waals surface area contributed by atoms with Crippen molar-refractivity contribution in [1.29, 1.82) is 5.26 Å². The third kappa shape index (κ3) is 1.82. The Morgan fingerprint density at radius 2 is 2.19 bits per heavy atom. The molecule has 0 saturated heterocycles. The van der Waals surface area contributed by atoms with E-state index in [1.807, 2.05) is 0 Å². The second kappa shape index (κ2) is 4.47. The summed E-state index contributed by atoms with van der Waals surface area (Å²) < 4.78 is 0. The number of aryl methyl sites for hydroxylation is 1. The van der Waals surface area contributed by atoms with Crippen LogP contribution in [0.1, 0.15) is 55.0 Å². The van der Waals surface area contributed by atoms with Crippen molar-refractivity contribution in [2.24, 2.45) is 5.92 Å². The van der Waals surface area contributed by atoms with Crippen LogP contribution >= 0.6 is 11.3 Å². The molecule has 1 unspecified atom stereocenters. The van der Waals surface area contributed by atoms with E-state index in [0.29, 0.717) is 11.8 Å². The summed E-state index contributed by atoms with van der Waals surface area (Å²) in [7, 11) is 0. The molecule has 16 heavy (non-hydrogen) atoms. The normalized spacial score (nSPS) is 20.2. The average molecular weight is 234 g/mol. The number of fused-ring (bicyclic) bond motifs is 1. The molecule has 3 heteroatoms. The number of nitriles is 1. The summed E-state index contributed by atoms with van der Waals surface area (Å²) in [6.07, 6.45) is 4.82. The van der Waals surface area contributed by atoms with Crippen molar-refractivity contribution in [1.82, 2.24) is 0 Å². The van der Waals surface area contributed by atoms with Gasteiger partial charge in [-0.2, -0.15) is 5.26 Å². The second-order valence-electron chi connectivity index (χ2n) is 4.89. The van der Waals surface area contributed by atoms with Crippen LogP contribution in [-0.4, -0.2) is 0 Å². The zero-order valence-electron chi connectivity index (χ0n) is 9.92. The lowest BCUT2D eigenvalue weighted by molar-refractivity contribution is 0.460. The number of rotatable bonds is 1.